The molecule has 0 unspecified atom stereocenters. The first-order valence-electron chi connectivity index (χ1n) is 6.11. The molecule has 1 saturated heterocycles. The van der Waals surface area contributed by atoms with Crippen molar-refractivity contribution in [2.24, 2.45) is 0 Å². The first-order chi connectivity index (χ1) is 8.77. The van der Waals surface area contributed by atoms with Crippen LogP contribution in [-0.4, -0.2) is 44.9 Å². The number of hydrogen-bond acceptors (Lipinski definition) is 3. The van der Waals surface area contributed by atoms with Crippen LogP contribution >= 0.6 is 24.8 Å². The normalized spacial score (nSPS) is 16.8. The van der Waals surface area contributed by atoms with Gasteiger partial charge in [-0.15, -0.1) is 24.8 Å². The Morgan fingerprint density at radius 2 is 1.95 bits per heavy atom. The van der Waals surface area contributed by atoms with Crippen LogP contribution in [0.5, 0.6) is 5.75 Å². The third-order valence-corrected chi connectivity index (χ3v) is 3.30. The van der Waals surface area contributed by atoms with E-state index >= 15 is 0 Å². The smallest absolute Gasteiger partial charge is 0.131 e. The molecule has 1 fully saturated rings. The molecule has 1 heterocycles. The molecule has 1 N–H and O–H groups in total. The summed E-state index contributed by atoms with van der Waals surface area (Å²) in [7, 11) is 1.48. The predicted octanol–water partition coefficient (Wildman–Crippen LogP) is 2.59. The van der Waals surface area contributed by atoms with Crippen LogP contribution in [-0.2, 0) is 0 Å². The van der Waals surface area contributed by atoms with Crippen LogP contribution in [0.25, 0.3) is 0 Å². The third kappa shape index (κ3) is 4.19. The lowest BCUT2D eigenvalue weighted by molar-refractivity contribution is 0.142. The van der Waals surface area contributed by atoms with Crippen molar-refractivity contribution in [1.29, 1.82) is 0 Å². The van der Waals surface area contributed by atoms with E-state index in [1.54, 1.807) is 12.1 Å². The molecular formula is C13H20Cl2F2N2O. The minimum atomic E-state index is -0.614. The van der Waals surface area contributed by atoms with Crippen molar-refractivity contribution in [2.75, 3.05) is 40.0 Å². The molecule has 2 rings (SSSR count). The second-order valence-corrected chi connectivity index (χ2v) is 4.31. The summed E-state index contributed by atoms with van der Waals surface area (Å²) in [5, 5.41) is 3.20. The zero-order chi connectivity index (χ0) is 13.0. The number of nitrogens with one attached hydrogen (secondary N) is 1. The van der Waals surface area contributed by atoms with Gasteiger partial charge in [0.05, 0.1) is 13.2 Å². The van der Waals surface area contributed by atoms with E-state index in [0.717, 1.165) is 13.1 Å². The average molecular weight is 329 g/mol. The fourth-order valence-corrected chi connectivity index (χ4v) is 2.37. The number of rotatable bonds is 4. The van der Waals surface area contributed by atoms with Gasteiger partial charge in [0.15, 0.2) is 0 Å². The molecule has 1 aliphatic rings. The summed E-state index contributed by atoms with van der Waals surface area (Å²) < 4.78 is 32.4. The maximum atomic E-state index is 13.9. The molecule has 0 aliphatic carbocycles. The standard InChI is InChI=1S/C13H18F2N2O.2ClH/c1-18-12-4-2-3-10(15)13(12)11(9-14)17-7-5-16-6-8-17;;/h2-4,11,16H,5-9H2,1H3;2*1H/t11-;;/m0../s1. The van der Waals surface area contributed by atoms with Gasteiger partial charge in [0.1, 0.15) is 18.2 Å². The number of ether oxygens (including phenoxy) is 1. The van der Waals surface area contributed by atoms with Gasteiger partial charge in [0.2, 0.25) is 0 Å². The first kappa shape index (κ1) is 19.4. The molecule has 1 aromatic carbocycles. The van der Waals surface area contributed by atoms with Crippen LogP contribution in [0.3, 0.4) is 0 Å². The van der Waals surface area contributed by atoms with E-state index in [0.29, 0.717) is 24.4 Å². The molecule has 0 aromatic heterocycles. The largest absolute Gasteiger partial charge is 0.496 e. The Morgan fingerprint density at radius 1 is 1.30 bits per heavy atom. The topological polar surface area (TPSA) is 24.5 Å². The van der Waals surface area contributed by atoms with Gasteiger partial charge in [-0.2, -0.15) is 0 Å². The lowest BCUT2D eigenvalue weighted by atomic mass is 10.0. The van der Waals surface area contributed by atoms with Crippen LogP contribution in [0, 0.1) is 5.82 Å². The van der Waals surface area contributed by atoms with Crippen LogP contribution in [0.15, 0.2) is 18.2 Å². The fourth-order valence-electron chi connectivity index (χ4n) is 2.37. The highest BCUT2D eigenvalue weighted by Crippen LogP contribution is 2.32. The number of halogens is 4. The van der Waals surface area contributed by atoms with Gasteiger partial charge in [0, 0.05) is 31.7 Å². The van der Waals surface area contributed by atoms with E-state index in [1.807, 2.05) is 4.90 Å². The average Bonchev–Trinajstić information content (AvgIpc) is 2.42. The Kier molecular flexibility index (Phi) is 9.05. The van der Waals surface area contributed by atoms with E-state index in [4.69, 9.17) is 4.74 Å². The van der Waals surface area contributed by atoms with E-state index in [9.17, 15) is 8.78 Å². The van der Waals surface area contributed by atoms with Crippen molar-refractivity contribution in [1.82, 2.24) is 10.2 Å². The molecule has 3 nitrogen and oxygen atoms in total. The molecule has 0 spiro atoms. The highest BCUT2D eigenvalue weighted by atomic mass is 35.5. The summed E-state index contributed by atoms with van der Waals surface area (Å²) in [5.41, 5.74) is 0.324. The Bertz CT molecular complexity index is 404. The second-order valence-electron chi connectivity index (χ2n) is 4.31. The van der Waals surface area contributed by atoms with Gasteiger partial charge in [-0.1, -0.05) is 6.07 Å². The first-order valence-corrected chi connectivity index (χ1v) is 6.11. The summed E-state index contributed by atoms with van der Waals surface area (Å²) in [5.74, 6) is 0.00622. The van der Waals surface area contributed by atoms with Crippen molar-refractivity contribution in [3.8, 4) is 5.75 Å². The summed E-state index contributed by atoms with van der Waals surface area (Å²) in [4.78, 5) is 1.96. The van der Waals surface area contributed by atoms with Crippen LogP contribution in [0.4, 0.5) is 8.78 Å². The van der Waals surface area contributed by atoms with Crippen molar-refractivity contribution < 1.29 is 13.5 Å². The monoisotopic (exact) mass is 328 g/mol. The highest BCUT2D eigenvalue weighted by molar-refractivity contribution is 5.85. The van der Waals surface area contributed by atoms with Gasteiger partial charge in [-0.05, 0) is 12.1 Å². The van der Waals surface area contributed by atoms with E-state index in [-0.39, 0.29) is 24.8 Å². The number of hydrogen-bond donors (Lipinski definition) is 1. The molecule has 1 atom stereocenters. The number of benzene rings is 1. The summed E-state index contributed by atoms with van der Waals surface area (Å²) in [6, 6.07) is 4.03. The minimum absolute atomic E-state index is 0. The Labute approximate surface area is 130 Å². The molecule has 0 saturated carbocycles. The number of nitrogens with zero attached hydrogens (tertiary/aromatic N) is 1. The lowest BCUT2D eigenvalue weighted by Gasteiger charge is -2.34. The maximum Gasteiger partial charge on any atom is 0.131 e. The van der Waals surface area contributed by atoms with E-state index in [1.165, 1.54) is 13.2 Å². The fraction of sp³-hybridized carbons (Fsp3) is 0.538. The highest BCUT2D eigenvalue weighted by Gasteiger charge is 2.27. The number of alkyl halides is 1. The van der Waals surface area contributed by atoms with Crippen molar-refractivity contribution in [2.45, 2.75) is 6.04 Å². The number of piperazine rings is 1. The predicted molar refractivity (Wildman–Crippen MR) is 80.6 cm³/mol. The molecule has 0 amide bonds. The Balaban J connectivity index is 0.00000180. The van der Waals surface area contributed by atoms with Crippen molar-refractivity contribution in [3.05, 3.63) is 29.6 Å². The number of methoxy groups -OCH3 is 1. The molecule has 1 aromatic rings. The molecule has 1 aliphatic heterocycles. The Morgan fingerprint density at radius 3 is 2.50 bits per heavy atom. The lowest BCUT2D eigenvalue weighted by Crippen LogP contribution is -2.46. The van der Waals surface area contributed by atoms with Crippen LogP contribution in [0.1, 0.15) is 11.6 Å². The molecule has 7 heteroatoms. The van der Waals surface area contributed by atoms with Crippen LogP contribution in [0.2, 0.25) is 0 Å². The molecule has 0 radical (unpaired) electrons. The quantitative estimate of drug-likeness (QED) is 0.919. The van der Waals surface area contributed by atoms with Crippen molar-refractivity contribution >= 4 is 24.8 Å². The summed E-state index contributed by atoms with van der Waals surface area (Å²) >= 11 is 0. The second kappa shape index (κ2) is 9.34. The molecule has 20 heavy (non-hydrogen) atoms. The van der Waals surface area contributed by atoms with Gasteiger partial charge < -0.3 is 10.1 Å². The minimum Gasteiger partial charge on any atom is -0.496 e. The van der Waals surface area contributed by atoms with Crippen molar-refractivity contribution in [3.63, 3.8) is 0 Å². The third-order valence-electron chi connectivity index (χ3n) is 3.30. The van der Waals surface area contributed by atoms with Gasteiger partial charge >= 0.3 is 0 Å². The maximum absolute atomic E-state index is 13.9. The van der Waals surface area contributed by atoms with E-state index < -0.39 is 18.5 Å². The van der Waals surface area contributed by atoms with E-state index in [2.05, 4.69) is 5.32 Å². The molecule has 0 bridgehead atoms. The molecular weight excluding hydrogens is 309 g/mol. The SMILES string of the molecule is COc1cccc(F)c1[C@H](CF)N1CCNCC1.Cl.Cl. The Hall–Kier alpha value is -0.620. The summed E-state index contributed by atoms with van der Waals surface area (Å²) in [6.07, 6.45) is 0. The summed E-state index contributed by atoms with van der Waals surface area (Å²) in [6.45, 7) is 2.41. The van der Waals surface area contributed by atoms with Gasteiger partial charge in [-0.3, -0.25) is 4.90 Å². The van der Waals surface area contributed by atoms with Gasteiger partial charge in [0.25, 0.3) is 0 Å². The van der Waals surface area contributed by atoms with Gasteiger partial charge in [-0.25, -0.2) is 8.78 Å². The molecule has 116 valence electrons. The zero-order valence-electron chi connectivity index (χ0n) is 11.3. The zero-order valence-corrected chi connectivity index (χ0v) is 12.9. The van der Waals surface area contributed by atoms with Crippen LogP contribution < -0.4 is 10.1 Å².